The van der Waals surface area contributed by atoms with Gasteiger partial charge in [-0.1, -0.05) is 23.9 Å². The van der Waals surface area contributed by atoms with Crippen LogP contribution in [-0.4, -0.2) is 35.3 Å². The van der Waals surface area contributed by atoms with E-state index >= 15 is 0 Å². The van der Waals surface area contributed by atoms with Crippen LogP contribution in [0.1, 0.15) is 17.3 Å². The third kappa shape index (κ3) is 3.83. The zero-order chi connectivity index (χ0) is 19.4. The molecule has 0 aliphatic carbocycles. The van der Waals surface area contributed by atoms with Crippen molar-refractivity contribution in [3.05, 3.63) is 58.4 Å². The van der Waals surface area contributed by atoms with E-state index in [1.165, 1.54) is 18.9 Å². The smallest absolute Gasteiger partial charge is 0.262 e. The van der Waals surface area contributed by atoms with Gasteiger partial charge in [-0.2, -0.15) is 0 Å². The average molecular weight is 384 g/mol. The van der Waals surface area contributed by atoms with Crippen LogP contribution in [-0.2, 0) is 6.54 Å². The highest BCUT2D eigenvalue weighted by Crippen LogP contribution is 2.27. The molecule has 0 spiro atoms. The van der Waals surface area contributed by atoms with Crippen molar-refractivity contribution in [2.24, 2.45) is 0 Å². The summed E-state index contributed by atoms with van der Waals surface area (Å²) in [6, 6.07) is 12.3. The summed E-state index contributed by atoms with van der Waals surface area (Å²) in [4.78, 5) is 30.0. The van der Waals surface area contributed by atoms with Crippen LogP contribution in [0.2, 0.25) is 0 Å². The van der Waals surface area contributed by atoms with Crippen LogP contribution < -0.4 is 15.0 Å². The van der Waals surface area contributed by atoms with Crippen molar-refractivity contribution in [1.82, 2.24) is 9.55 Å². The van der Waals surface area contributed by atoms with E-state index in [1.54, 1.807) is 42.0 Å². The van der Waals surface area contributed by atoms with Crippen LogP contribution in [0.25, 0.3) is 10.9 Å². The minimum absolute atomic E-state index is 0.1000. The highest BCUT2D eigenvalue weighted by Gasteiger charge is 2.17. The molecule has 0 amide bonds. The van der Waals surface area contributed by atoms with Crippen molar-refractivity contribution in [1.29, 1.82) is 0 Å². The molecule has 0 fully saturated rings. The molecule has 0 saturated carbocycles. The molecule has 1 heterocycles. The molecule has 0 unspecified atom stereocenters. The minimum Gasteiger partial charge on any atom is -0.497 e. The molecule has 3 rings (SSSR count). The molecule has 0 aliphatic rings. The van der Waals surface area contributed by atoms with Gasteiger partial charge in [0.05, 0.1) is 36.4 Å². The van der Waals surface area contributed by atoms with Crippen molar-refractivity contribution in [3.8, 4) is 11.5 Å². The van der Waals surface area contributed by atoms with E-state index in [1.807, 2.05) is 19.1 Å². The number of methoxy groups -OCH3 is 2. The van der Waals surface area contributed by atoms with Gasteiger partial charge in [-0.3, -0.25) is 14.2 Å². The maximum Gasteiger partial charge on any atom is 0.262 e. The maximum atomic E-state index is 12.7. The summed E-state index contributed by atoms with van der Waals surface area (Å²) in [5, 5.41) is 1.10. The van der Waals surface area contributed by atoms with E-state index < -0.39 is 0 Å². The Kier molecular flexibility index (Phi) is 5.81. The largest absolute Gasteiger partial charge is 0.497 e. The number of fused-ring (bicyclic) bond motifs is 1. The summed E-state index contributed by atoms with van der Waals surface area (Å²) in [5.41, 5.74) is 0.966. The molecule has 0 atom stereocenters. The molecule has 0 N–H and O–H groups in total. The summed E-state index contributed by atoms with van der Waals surface area (Å²) >= 11 is 1.24. The average Bonchev–Trinajstić information content (AvgIpc) is 2.71. The second-order valence-electron chi connectivity index (χ2n) is 5.74. The molecule has 140 valence electrons. The summed E-state index contributed by atoms with van der Waals surface area (Å²) in [7, 11) is 3.06. The van der Waals surface area contributed by atoms with Gasteiger partial charge in [0.25, 0.3) is 5.56 Å². The quantitative estimate of drug-likeness (QED) is 0.353. The first kappa shape index (κ1) is 19.0. The lowest BCUT2D eigenvalue weighted by Crippen LogP contribution is -2.22. The topological polar surface area (TPSA) is 70.4 Å². The van der Waals surface area contributed by atoms with Crippen LogP contribution in [0.3, 0.4) is 0 Å². The number of carbonyl (C=O) groups excluding carboxylic acids is 1. The Hall–Kier alpha value is -2.80. The Morgan fingerprint density at radius 3 is 2.63 bits per heavy atom. The first-order chi connectivity index (χ1) is 13.1. The van der Waals surface area contributed by atoms with Crippen LogP contribution >= 0.6 is 11.8 Å². The Labute approximate surface area is 161 Å². The summed E-state index contributed by atoms with van der Waals surface area (Å²) in [6.07, 6.45) is 0. The van der Waals surface area contributed by atoms with Crippen molar-refractivity contribution in [3.63, 3.8) is 0 Å². The molecule has 1 aromatic heterocycles. The predicted molar refractivity (Wildman–Crippen MR) is 106 cm³/mol. The van der Waals surface area contributed by atoms with Crippen molar-refractivity contribution in [2.75, 3.05) is 20.0 Å². The normalized spacial score (nSPS) is 10.8. The highest BCUT2D eigenvalue weighted by atomic mass is 32.2. The third-order valence-corrected chi connectivity index (χ3v) is 5.16. The zero-order valence-electron chi connectivity index (χ0n) is 15.4. The number of ether oxygens (including phenoxy) is 2. The number of ketones is 1. The molecular formula is C20H20N2O4S. The monoisotopic (exact) mass is 384 g/mol. The number of Topliss-reactive ketones (excluding diaryl/α,β-unsaturated/α-hetero) is 1. The molecule has 2 aromatic carbocycles. The Bertz CT molecular complexity index is 1050. The lowest BCUT2D eigenvalue weighted by atomic mass is 10.1. The first-order valence-electron chi connectivity index (χ1n) is 8.46. The summed E-state index contributed by atoms with van der Waals surface area (Å²) in [6.45, 7) is 2.37. The van der Waals surface area contributed by atoms with Gasteiger partial charge < -0.3 is 9.47 Å². The Morgan fingerprint density at radius 1 is 1.15 bits per heavy atom. The van der Waals surface area contributed by atoms with Crippen LogP contribution in [0.5, 0.6) is 11.5 Å². The minimum atomic E-state index is -0.124. The van der Waals surface area contributed by atoms with Crippen molar-refractivity contribution >= 4 is 28.4 Å². The number of aromatic nitrogens is 2. The van der Waals surface area contributed by atoms with Crippen molar-refractivity contribution < 1.29 is 14.3 Å². The lowest BCUT2D eigenvalue weighted by molar-refractivity contribution is 0.101. The number of benzene rings is 2. The number of carbonyl (C=O) groups is 1. The molecule has 6 nitrogen and oxygen atoms in total. The van der Waals surface area contributed by atoms with E-state index in [-0.39, 0.29) is 17.1 Å². The Balaban J connectivity index is 1.91. The van der Waals surface area contributed by atoms with E-state index in [0.29, 0.717) is 39.7 Å². The molecule has 3 aromatic rings. The van der Waals surface area contributed by atoms with Crippen molar-refractivity contribution in [2.45, 2.75) is 18.6 Å². The van der Waals surface area contributed by atoms with Gasteiger partial charge in [0, 0.05) is 6.54 Å². The SMILES string of the molecule is CCn1c(SCC(=O)c2cc(OC)ccc2OC)nc2ccccc2c1=O. The third-order valence-electron chi connectivity index (χ3n) is 4.18. The van der Waals surface area contributed by atoms with Gasteiger partial charge in [0.1, 0.15) is 11.5 Å². The number of hydrogen-bond acceptors (Lipinski definition) is 6. The number of nitrogens with zero attached hydrogens (tertiary/aromatic N) is 2. The molecule has 0 radical (unpaired) electrons. The fourth-order valence-corrected chi connectivity index (χ4v) is 3.72. The second kappa shape index (κ2) is 8.26. The van der Waals surface area contributed by atoms with Crippen LogP contribution in [0.15, 0.2) is 52.4 Å². The van der Waals surface area contributed by atoms with Gasteiger partial charge in [-0.05, 0) is 37.3 Å². The molecule has 0 saturated heterocycles. The fourth-order valence-electron chi connectivity index (χ4n) is 2.78. The van der Waals surface area contributed by atoms with E-state index in [9.17, 15) is 9.59 Å². The number of rotatable bonds is 7. The summed E-state index contributed by atoms with van der Waals surface area (Å²) in [5.74, 6) is 1.08. The first-order valence-corrected chi connectivity index (χ1v) is 9.45. The van der Waals surface area contributed by atoms with E-state index in [4.69, 9.17) is 9.47 Å². The van der Waals surface area contributed by atoms with Gasteiger partial charge in [-0.15, -0.1) is 0 Å². The maximum absolute atomic E-state index is 12.7. The molecular weight excluding hydrogens is 364 g/mol. The highest BCUT2D eigenvalue weighted by molar-refractivity contribution is 7.99. The summed E-state index contributed by atoms with van der Waals surface area (Å²) < 4.78 is 12.1. The van der Waals surface area contributed by atoms with Gasteiger partial charge in [0.2, 0.25) is 0 Å². The Morgan fingerprint density at radius 2 is 1.93 bits per heavy atom. The fraction of sp³-hybridized carbons (Fsp3) is 0.250. The van der Waals surface area contributed by atoms with E-state index in [0.717, 1.165) is 0 Å². The molecule has 27 heavy (non-hydrogen) atoms. The van der Waals surface area contributed by atoms with E-state index in [2.05, 4.69) is 4.98 Å². The van der Waals surface area contributed by atoms with Gasteiger partial charge in [0.15, 0.2) is 10.9 Å². The lowest BCUT2D eigenvalue weighted by Gasteiger charge is -2.12. The van der Waals surface area contributed by atoms with Crippen LogP contribution in [0, 0.1) is 0 Å². The standard InChI is InChI=1S/C20H20N2O4S/c1-4-22-19(24)14-7-5-6-8-16(14)21-20(22)27-12-17(23)15-11-13(25-2)9-10-18(15)26-3/h5-11H,4,12H2,1-3H3. The number of hydrogen-bond donors (Lipinski definition) is 0. The van der Waals surface area contributed by atoms with Crippen LogP contribution in [0.4, 0.5) is 0 Å². The molecule has 0 bridgehead atoms. The zero-order valence-corrected chi connectivity index (χ0v) is 16.2. The molecule has 0 aliphatic heterocycles. The van der Waals surface area contributed by atoms with Gasteiger partial charge >= 0.3 is 0 Å². The van der Waals surface area contributed by atoms with Gasteiger partial charge in [-0.25, -0.2) is 4.98 Å². The second-order valence-corrected chi connectivity index (χ2v) is 6.68. The number of para-hydroxylation sites is 1. The number of thioether (sulfide) groups is 1. The predicted octanol–water partition coefficient (Wildman–Crippen LogP) is 3.41. The molecule has 7 heteroatoms.